The van der Waals surface area contributed by atoms with Crippen LogP contribution >= 0.6 is 0 Å². The van der Waals surface area contributed by atoms with E-state index in [1.54, 1.807) is 0 Å². The van der Waals surface area contributed by atoms with E-state index in [1.165, 1.54) is 233 Å². The standard InChI is InChI=1S/C9H17N.C8H15N.4C6H13N.C5H11N/c1-10-7-9(8-10)5-3-2-4-6-9;1-9-5-7-3-2-4-8(7)6-9;4*1-7-5-3-2-4-6-7;1-6-4-2-3-5-6/h2-8H2,1H3;7-8H,2-6H2,1H3;4*2-6H2,1H3;2-5H2,1H3. The maximum atomic E-state index is 2.48. The van der Waals surface area contributed by atoms with Crippen molar-refractivity contribution in [3.63, 3.8) is 0 Å². The number of piperidine rings is 4. The minimum Gasteiger partial charge on any atom is -0.306 e. The molecule has 7 nitrogen and oxygen atoms in total. The first-order chi connectivity index (χ1) is 25.6. The molecule has 9 fully saturated rings. The molecule has 0 radical (unpaired) electrons. The molecule has 2 atom stereocenters. The van der Waals surface area contributed by atoms with E-state index < -0.39 is 0 Å². The second-order valence-corrected chi connectivity index (χ2v) is 19.4. The van der Waals surface area contributed by atoms with Gasteiger partial charge in [-0.15, -0.1) is 0 Å². The smallest absolute Gasteiger partial charge is 0.00474 e. The van der Waals surface area contributed by atoms with Crippen molar-refractivity contribution < 1.29 is 0 Å². The quantitative estimate of drug-likeness (QED) is 0.246. The van der Waals surface area contributed by atoms with Gasteiger partial charge in [0.05, 0.1) is 0 Å². The van der Waals surface area contributed by atoms with Gasteiger partial charge in [-0.1, -0.05) is 51.4 Å². The van der Waals surface area contributed by atoms with E-state index >= 15 is 0 Å². The molecule has 7 saturated heterocycles. The van der Waals surface area contributed by atoms with E-state index in [4.69, 9.17) is 0 Å². The number of fused-ring (bicyclic) bond motifs is 1. The summed E-state index contributed by atoms with van der Waals surface area (Å²) in [5.41, 5.74) is 0.799. The molecule has 0 bridgehead atoms. The molecule has 2 unspecified atom stereocenters. The van der Waals surface area contributed by atoms with Gasteiger partial charge in [-0.2, -0.15) is 0 Å². The van der Waals surface area contributed by atoms with Crippen LogP contribution in [0.15, 0.2) is 0 Å². The SMILES string of the molecule is CN1CC2(CCCCC2)C1.CN1CC2CCCC2C1.CN1CCCC1.CN1CCCCC1.CN1CCCCC1.CN1CCCCC1.CN1CCCCC1. The molecule has 53 heavy (non-hydrogen) atoms. The van der Waals surface area contributed by atoms with Crippen LogP contribution in [0.5, 0.6) is 0 Å². The highest BCUT2D eigenvalue weighted by Crippen LogP contribution is 2.42. The average Bonchev–Trinajstić information content (AvgIpc) is 3.90. The number of hydrogen-bond acceptors (Lipinski definition) is 7. The lowest BCUT2D eigenvalue weighted by atomic mass is 9.69. The maximum Gasteiger partial charge on any atom is 0.00474 e. The van der Waals surface area contributed by atoms with Crippen molar-refractivity contribution in [1.29, 1.82) is 0 Å². The third-order valence-corrected chi connectivity index (χ3v) is 13.7. The fourth-order valence-corrected chi connectivity index (χ4v) is 10.3. The molecule has 7 heteroatoms. The number of hydrogen-bond donors (Lipinski definition) is 0. The Morgan fingerprint density at radius 3 is 0.774 bits per heavy atom. The van der Waals surface area contributed by atoms with Gasteiger partial charge in [-0.3, -0.25) is 0 Å². The predicted molar refractivity (Wildman–Crippen MR) is 233 cm³/mol. The minimum absolute atomic E-state index is 0.799. The van der Waals surface area contributed by atoms with Crippen LogP contribution in [0.2, 0.25) is 0 Å². The normalized spacial score (nSPS) is 29.7. The van der Waals surface area contributed by atoms with E-state index in [9.17, 15) is 0 Å². The first-order valence-corrected chi connectivity index (χ1v) is 23.4. The van der Waals surface area contributed by atoms with Crippen LogP contribution in [0.1, 0.15) is 141 Å². The zero-order valence-corrected chi connectivity index (χ0v) is 37.2. The molecule has 1 spiro atoms. The van der Waals surface area contributed by atoms with Crippen LogP contribution in [0, 0.1) is 17.3 Å². The van der Waals surface area contributed by atoms with Crippen LogP contribution in [0.4, 0.5) is 0 Å². The minimum atomic E-state index is 0.799. The van der Waals surface area contributed by atoms with Gasteiger partial charge >= 0.3 is 0 Å². The van der Waals surface area contributed by atoms with Gasteiger partial charge in [0.1, 0.15) is 0 Å². The molecule has 0 aromatic rings. The lowest BCUT2D eigenvalue weighted by molar-refractivity contribution is -0.00940. The summed E-state index contributed by atoms with van der Waals surface area (Å²) in [6.07, 6.45) is 31.9. The van der Waals surface area contributed by atoms with E-state index in [1.807, 2.05) is 0 Å². The highest BCUT2D eigenvalue weighted by Gasteiger charge is 2.41. The van der Waals surface area contributed by atoms with Crippen LogP contribution < -0.4 is 0 Å². The van der Waals surface area contributed by atoms with Gasteiger partial charge in [0, 0.05) is 26.2 Å². The molecule has 0 aromatic heterocycles. The predicted octanol–water partition coefficient (Wildman–Crippen LogP) is 8.35. The lowest BCUT2D eigenvalue weighted by Crippen LogP contribution is -2.54. The molecule has 7 heterocycles. The van der Waals surface area contributed by atoms with Crippen LogP contribution in [-0.2, 0) is 0 Å². The number of rotatable bonds is 0. The van der Waals surface area contributed by atoms with Crippen molar-refractivity contribution >= 4 is 0 Å². The molecule has 9 rings (SSSR count). The van der Waals surface area contributed by atoms with E-state index in [2.05, 4.69) is 83.6 Å². The van der Waals surface area contributed by atoms with Gasteiger partial charge < -0.3 is 34.3 Å². The molecule has 314 valence electrons. The lowest BCUT2D eigenvalue weighted by Gasteiger charge is -2.51. The third kappa shape index (κ3) is 21.7. The average molecular weight is 746 g/mol. The Morgan fingerprint density at radius 2 is 0.547 bits per heavy atom. The Hall–Kier alpha value is -0.280. The summed E-state index contributed by atoms with van der Waals surface area (Å²) in [6, 6.07) is 0. The first kappa shape index (κ1) is 47.1. The topological polar surface area (TPSA) is 22.7 Å². The molecule has 0 N–H and O–H groups in total. The molecule has 9 aliphatic rings. The fraction of sp³-hybridized carbons (Fsp3) is 1.00. The molecule has 0 amide bonds. The zero-order valence-electron chi connectivity index (χ0n) is 37.2. The summed E-state index contributed by atoms with van der Waals surface area (Å²) in [4.78, 5) is 16.9. The fourth-order valence-electron chi connectivity index (χ4n) is 10.3. The van der Waals surface area contributed by atoms with Crippen LogP contribution in [-0.4, -0.2) is 175 Å². The van der Waals surface area contributed by atoms with Gasteiger partial charge in [-0.05, 0) is 222 Å². The summed E-state index contributed by atoms with van der Waals surface area (Å²) in [6.45, 7) is 18.7. The van der Waals surface area contributed by atoms with Crippen molar-refractivity contribution in [1.82, 2.24) is 34.3 Å². The Morgan fingerprint density at radius 1 is 0.283 bits per heavy atom. The first-order valence-electron chi connectivity index (χ1n) is 23.4. The molecular weight excluding hydrogens is 651 g/mol. The molecule has 2 aliphatic carbocycles. The third-order valence-electron chi connectivity index (χ3n) is 13.7. The Kier molecular flexibility index (Phi) is 25.0. The van der Waals surface area contributed by atoms with Gasteiger partial charge in [0.15, 0.2) is 0 Å². The Labute approximate surface area is 332 Å². The van der Waals surface area contributed by atoms with Gasteiger partial charge in [0.25, 0.3) is 0 Å². The Balaban J connectivity index is 0.000000168. The van der Waals surface area contributed by atoms with Crippen molar-refractivity contribution in [3.05, 3.63) is 0 Å². The summed E-state index contributed by atoms with van der Waals surface area (Å²) in [7, 11) is 15.4. The van der Waals surface area contributed by atoms with Gasteiger partial charge in [0.2, 0.25) is 0 Å². The maximum absolute atomic E-state index is 2.48. The summed E-state index contributed by atoms with van der Waals surface area (Å²) >= 11 is 0. The van der Waals surface area contributed by atoms with Crippen molar-refractivity contribution in [2.24, 2.45) is 17.3 Å². The molecule has 2 saturated carbocycles. The summed E-state index contributed by atoms with van der Waals surface area (Å²) in [5, 5.41) is 0. The highest BCUT2D eigenvalue weighted by molar-refractivity contribution is 4.94. The van der Waals surface area contributed by atoms with Crippen LogP contribution in [0.3, 0.4) is 0 Å². The second-order valence-electron chi connectivity index (χ2n) is 19.4. The molecular formula is C46H95N7. The molecule has 7 aliphatic heterocycles. The highest BCUT2D eigenvalue weighted by atomic mass is 15.2. The van der Waals surface area contributed by atoms with E-state index in [-0.39, 0.29) is 0 Å². The van der Waals surface area contributed by atoms with Gasteiger partial charge in [-0.25, -0.2) is 0 Å². The van der Waals surface area contributed by atoms with Crippen molar-refractivity contribution in [3.8, 4) is 0 Å². The van der Waals surface area contributed by atoms with Crippen molar-refractivity contribution in [2.75, 3.05) is 141 Å². The summed E-state index contributed by atoms with van der Waals surface area (Å²) < 4.78 is 0. The molecule has 0 aromatic carbocycles. The van der Waals surface area contributed by atoms with Crippen LogP contribution in [0.25, 0.3) is 0 Å². The number of nitrogens with zero attached hydrogens (tertiary/aromatic N) is 7. The monoisotopic (exact) mass is 746 g/mol. The largest absolute Gasteiger partial charge is 0.306 e. The second kappa shape index (κ2) is 28.2. The zero-order chi connectivity index (χ0) is 38.2. The van der Waals surface area contributed by atoms with E-state index in [0.717, 1.165) is 17.3 Å². The van der Waals surface area contributed by atoms with E-state index in [0.29, 0.717) is 0 Å². The summed E-state index contributed by atoms with van der Waals surface area (Å²) in [5.74, 6) is 2.16. The van der Waals surface area contributed by atoms with Crippen molar-refractivity contribution in [2.45, 2.75) is 141 Å². The Bertz CT molecular complexity index is 743. The number of likely N-dealkylation sites (tertiary alicyclic amines) is 7.